The van der Waals surface area contributed by atoms with Gasteiger partial charge in [-0.25, -0.2) is 0 Å². The highest BCUT2D eigenvalue weighted by Crippen LogP contribution is 2.29. The number of anilines is 1. The molecule has 0 amide bonds. The summed E-state index contributed by atoms with van der Waals surface area (Å²) in [5.74, 6) is 0. The number of hydrogen-bond acceptors (Lipinski definition) is 2. The molecule has 2 rings (SSSR count). The number of nitrogens with two attached hydrogens (primary N) is 1. The number of hydrogen-bond donors (Lipinski definition) is 1. The van der Waals surface area contributed by atoms with Crippen LogP contribution >= 0.6 is 11.6 Å². The van der Waals surface area contributed by atoms with Crippen LogP contribution < -0.4 is 5.73 Å². The SMILES string of the molecule is CC(c1ccc(N)cc1)N(C)C(C)c1ccc(Cl)cc1. The third-order valence-electron chi connectivity index (χ3n) is 3.99. The molecule has 0 fully saturated rings. The van der Waals surface area contributed by atoms with E-state index in [1.165, 1.54) is 11.1 Å². The molecule has 3 heteroatoms. The minimum atomic E-state index is 0.319. The second kappa shape index (κ2) is 6.29. The van der Waals surface area contributed by atoms with Crippen molar-refractivity contribution in [2.24, 2.45) is 0 Å². The Morgan fingerprint density at radius 3 is 1.70 bits per heavy atom. The highest BCUT2D eigenvalue weighted by Gasteiger charge is 2.18. The Hall–Kier alpha value is -1.51. The van der Waals surface area contributed by atoms with Gasteiger partial charge in [0, 0.05) is 22.8 Å². The van der Waals surface area contributed by atoms with Crippen LogP contribution in [0.15, 0.2) is 48.5 Å². The quantitative estimate of drug-likeness (QED) is 0.828. The van der Waals surface area contributed by atoms with Crippen LogP contribution in [0.4, 0.5) is 5.69 Å². The van der Waals surface area contributed by atoms with Crippen LogP contribution in [0.3, 0.4) is 0 Å². The summed E-state index contributed by atoms with van der Waals surface area (Å²) in [6.45, 7) is 4.41. The molecule has 106 valence electrons. The molecule has 0 aliphatic heterocycles. The molecule has 2 aromatic carbocycles. The van der Waals surface area contributed by atoms with Gasteiger partial charge in [-0.15, -0.1) is 0 Å². The molecule has 0 bridgehead atoms. The number of halogens is 1. The van der Waals surface area contributed by atoms with Gasteiger partial charge in [0.05, 0.1) is 0 Å². The van der Waals surface area contributed by atoms with Crippen molar-refractivity contribution in [1.82, 2.24) is 4.90 Å². The summed E-state index contributed by atoms with van der Waals surface area (Å²) < 4.78 is 0. The van der Waals surface area contributed by atoms with Crippen LogP contribution in [0.5, 0.6) is 0 Å². The first-order valence-electron chi connectivity index (χ1n) is 6.82. The highest BCUT2D eigenvalue weighted by atomic mass is 35.5. The van der Waals surface area contributed by atoms with Gasteiger partial charge in [-0.05, 0) is 56.3 Å². The molecule has 2 nitrogen and oxygen atoms in total. The van der Waals surface area contributed by atoms with Crippen molar-refractivity contribution >= 4 is 17.3 Å². The first kappa shape index (κ1) is 14.9. The molecule has 2 unspecified atom stereocenters. The maximum atomic E-state index is 5.94. The van der Waals surface area contributed by atoms with Crippen molar-refractivity contribution in [3.63, 3.8) is 0 Å². The van der Waals surface area contributed by atoms with E-state index in [2.05, 4.69) is 50.1 Å². The van der Waals surface area contributed by atoms with Crippen molar-refractivity contribution in [2.75, 3.05) is 12.8 Å². The lowest BCUT2D eigenvalue weighted by molar-refractivity contribution is 0.199. The molecule has 2 N–H and O–H groups in total. The van der Waals surface area contributed by atoms with E-state index in [9.17, 15) is 0 Å². The second-order valence-corrected chi connectivity index (χ2v) is 5.67. The lowest BCUT2D eigenvalue weighted by Gasteiger charge is -2.31. The molecule has 0 aliphatic carbocycles. The number of nitrogen functional groups attached to an aromatic ring is 1. The Bertz CT molecular complexity index is 497. The third-order valence-corrected chi connectivity index (χ3v) is 4.25. The standard InChI is InChI=1S/C17H21ClN2/c1-12(14-4-8-16(18)9-5-14)20(3)13(2)15-6-10-17(19)11-7-15/h4-13H,19H2,1-3H3. The normalized spacial score (nSPS) is 14.2. The summed E-state index contributed by atoms with van der Waals surface area (Å²) in [5.41, 5.74) is 9.07. The predicted octanol–water partition coefficient (Wildman–Crippen LogP) is 4.68. The van der Waals surface area contributed by atoms with E-state index in [-0.39, 0.29) is 0 Å². The van der Waals surface area contributed by atoms with Gasteiger partial charge in [0.2, 0.25) is 0 Å². The van der Waals surface area contributed by atoms with Gasteiger partial charge in [-0.1, -0.05) is 35.9 Å². The number of nitrogens with zero attached hydrogens (tertiary/aromatic N) is 1. The zero-order valence-corrected chi connectivity index (χ0v) is 12.9. The summed E-state index contributed by atoms with van der Waals surface area (Å²) in [6, 6.07) is 16.8. The van der Waals surface area contributed by atoms with Crippen LogP contribution in [0.1, 0.15) is 37.1 Å². The van der Waals surface area contributed by atoms with E-state index in [1.807, 2.05) is 24.3 Å². The molecular weight excluding hydrogens is 268 g/mol. The van der Waals surface area contributed by atoms with Gasteiger partial charge < -0.3 is 5.73 Å². The molecular formula is C17H21ClN2. The van der Waals surface area contributed by atoms with Crippen LogP contribution in [0.25, 0.3) is 0 Å². The first-order chi connectivity index (χ1) is 9.49. The van der Waals surface area contributed by atoms with Crippen molar-refractivity contribution in [3.05, 3.63) is 64.7 Å². The van der Waals surface area contributed by atoms with Gasteiger partial charge in [0.15, 0.2) is 0 Å². The summed E-state index contributed by atoms with van der Waals surface area (Å²) >= 11 is 5.94. The van der Waals surface area contributed by atoms with Crippen molar-refractivity contribution in [2.45, 2.75) is 25.9 Å². The van der Waals surface area contributed by atoms with Crippen LogP contribution in [-0.4, -0.2) is 11.9 Å². The predicted molar refractivity (Wildman–Crippen MR) is 86.9 cm³/mol. The second-order valence-electron chi connectivity index (χ2n) is 5.24. The third kappa shape index (κ3) is 3.33. The van der Waals surface area contributed by atoms with Crippen molar-refractivity contribution < 1.29 is 0 Å². The summed E-state index contributed by atoms with van der Waals surface area (Å²) in [6.07, 6.45) is 0. The van der Waals surface area contributed by atoms with Gasteiger partial charge >= 0.3 is 0 Å². The zero-order valence-electron chi connectivity index (χ0n) is 12.2. The zero-order chi connectivity index (χ0) is 14.7. The number of benzene rings is 2. The minimum Gasteiger partial charge on any atom is -0.399 e. The Balaban J connectivity index is 2.15. The fourth-order valence-corrected chi connectivity index (χ4v) is 2.45. The lowest BCUT2D eigenvalue weighted by Crippen LogP contribution is -2.25. The maximum Gasteiger partial charge on any atom is 0.0406 e. The maximum absolute atomic E-state index is 5.94. The van der Waals surface area contributed by atoms with E-state index in [0.717, 1.165) is 10.7 Å². The fourth-order valence-electron chi connectivity index (χ4n) is 2.32. The van der Waals surface area contributed by atoms with Gasteiger partial charge in [-0.3, -0.25) is 4.90 Å². The molecule has 0 aromatic heterocycles. The Labute approximate surface area is 126 Å². The molecule has 0 saturated carbocycles. The van der Waals surface area contributed by atoms with Gasteiger partial charge in [-0.2, -0.15) is 0 Å². The van der Waals surface area contributed by atoms with E-state index in [1.54, 1.807) is 0 Å². The molecule has 0 spiro atoms. The Kier molecular flexibility index (Phi) is 4.69. The summed E-state index contributed by atoms with van der Waals surface area (Å²) in [4.78, 5) is 2.34. The van der Waals surface area contributed by atoms with Gasteiger partial charge in [0.25, 0.3) is 0 Å². The minimum absolute atomic E-state index is 0.319. The number of rotatable bonds is 4. The molecule has 0 aliphatic rings. The Morgan fingerprint density at radius 1 is 0.850 bits per heavy atom. The van der Waals surface area contributed by atoms with E-state index in [4.69, 9.17) is 17.3 Å². The van der Waals surface area contributed by atoms with Crippen LogP contribution in [0.2, 0.25) is 5.02 Å². The Morgan fingerprint density at radius 2 is 1.25 bits per heavy atom. The van der Waals surface area contributed by atoms with Gasteiger partial charge in [0.1, 0.15) is 0 Å². The molecule has 2 aromatic rings. The lowest BCUT2D eigenvalue weighted by atomic mass is 10.0. The fraction of sp³-hybridized carbons (Fsp3) is 0.294. The van der Waals surface area contributed by atoms with E-state index < -0.39 is 0 Å². The van der Waals surface area contributed by atoms with Crippen molar-refractivity contribution in [1.29, 1.82) is 0 Å². The molecule has 0 radical (unpaired) electrons. The average Bonchev–Trinajstić information content (AvgIpc) is 2.46. The summed E-state index contributed by atoms with van der Waals surface area (Å²) in [7, 11) is 2.14. The van der Waals surface area contributed by atoms with Crippen molar-refractivity contribution in [3.8, 4) is 0 Å². The largest absolute Gasteiger partial charge is 0.399 e. The molecule has 0 heterocycles. The molecule has 20 heavy (non-hydrogen) atoms. The van der Waals surface area contributed by atoms with E-state index >= 15 is 0 Å². The van der Waals surface area contributed by atoms with Crippen LogP contribution in [-0.2, 0) is 0 Å². The molecule has 2 atom stereocenters. The highest BCUT2D eigenvalue weighted by molar-refractivity contribution is 6.30. The molecule has 0 saturated heterocycles. The van der Waals surface area contributed by atoms with E-state index in [0.29, 0.717) is 12.1 Å². The monoisotopic (exact) mass is 288 g/mol. The first-order valence-corrected chi connectivity index (χ1v) is 7.19. The smallest absolute Gasteiger partial charge is 0.0406 e. The summed E-state index contributed by atoms with van der Waals surface area (Å²) in [5, 5.41) is 0.773. The van der Waals surface area contributed by atoms with Crippen LogP contribution in [0, 0.1) is 0 Å². The topological polar surface area (TPSA) is 29.3 Å². The average molecular weight is 289 g/mol.